The van der Waals surface area contributed by atoms with Crippen LogP contribution in [0.2, 0.25) is 0 Å². The lowest BCUT2D eigenvalue weighted by atomic mass is 10.1. The summed E-state index contributed by atoms with van der Waals surface area (Å²) < 4.78 is 27.5. The molecule has 2 aromatic rings. The topological polar surface area (TPSA) is 95.6 Å². The third-order valence-electron chi connectivity index (χ3n) is 5.05. The summed E-state index contributed by atoms with van der Waals surface area (Å²) >= 11 is 0. The molecule has 3 rings (SSSR count). The predicted molar refractivity (Wildman–Crippen MR) is 116 cm³/mol. The van der Waals surface area contributed by atoms with Crippen molar-refractivity contribution in [2.24, 2.45) is 5.92 Å². The standard InChI is InChI=1S/C22H27N3O4S/c1-3-17-7-4-5-10-20(17)24-21(26)15-25(2)22(27)18-8-6-9-19(13-18)30(28,29)23-14-16-11-12-16/h4-10,13,16,23H,3,11-12,14-15H2,1-2H3,(H,24,26). The monoisotopic (exact) mass is 429 g/mol. The van der Waals surface area contributed by atoms with E-state index in [1.165, 1.54) is 30.1 Å². The molecule has 2 aromatic carbocycles. The van der Waals surface area contributed by atoms with Crippen molar-refractivity contribution >= 4 is 27.5 Å². The molecule has 0 radical (unpaired) electrons. The summed E-state index contributed by atoms with van der Waals surface area (Å²) in [5.74, 6) is -0.332. The van der Waals surface area contributed by atoms with Gasteiger partial charge in [0.15, 0.2) is 0 Å². The van der Waals surface area contributed by atoms with Gasteiger partial charge in [-0.05, 0) is 55.0 Å². The van der Waals surface area contributed by atoms with Gasteiger partial charge in [0.1, 0.15) is 0 Å². The Morgan fingerprint density at radius 2 is 1.83 bits per heavy atom. The minimum atomic E-state index is -3.67. The zero-order chi connectivity index (χ0) is 21.7. The Bertz CT molecular complexity index is 1030. The maximum atomic E-state index is 12.7. The molecule has 0 atom stereocenters. The number of hydrogen-bond acceptors (Lipinski definition) is 4. The molecule has 1 aliphatic carbocycles. The highest BCUT2D eigenvalue weighted by Crippen LogP contribution is 2.28. The molecule has 1 fully saturated rings. The Hall–Kier alpha value is -2.71. The van der Waals surface area contributed by atoms with E-state index in [0.717, 1.165) is 30.5 Å². The van der Waals surface area contributed by atoms with Crippen molar-refractivity contribution in [1.29, 1.82) is 0 Å². The number of amides is 2. The molecule has 0 saturated heterocycles. The molecular weight excluding hydrogens is 402 g/mol. The molecule has 0 heterocycles. The molecule has 30 heavy (non-hydrogen) atoms. The molecular formula is C22H27N3O4S. The predicted octanol–water partition coefficient (Wildman–Crippen LogP) is 2.65. The van der Waals surface area contributed by atoms with Crippen LogP contribution in [0.25, 0.3) is 0 Å². The minimum absolute atomic E-state index is 0.0451. The van der Waals surface area contributed by atoms with E-state index in [0.29, 0.717) is 12.5 Å². The molecule has 2 N–H and O–H groups in total. The third kappa shape index (κ3) is 5.67. The molecule has 1 aliphatic rings. The second kappa shape index (κ2) is 9.40. The van der Waals surface area contributed by atoms with Gasteiger partial charge in [0.25, 0.3) is 5.91 Å². The number of anilines is 1. The number of aryl methyl sites for hydroxylation is 1. The van der Waals surface area contributed by atoms with Crippen LogP contribution >= 0.6 is 0 Å². The van der Waals surface area contributed by atoms with E-state index in [2.05, 4.69) is 10.0 Å². The molecule has 0 spiro atoms. The summed E-state index contributed by atoms with van der Waals surface area (Å²) in [5.41, 5.74) is 1.95. The number of nitrogens with zero attached hydrogens (tertiary/aromatic N) is 1. The van der Waals surface area contributed by atoms with Crippen molar-refractivity contribution in [3.8, 4) is 0 Å². The van der Waals surface area contributed by atoms with E-state index in [1.54, 1.807) is 6.07 Å². The molecule has 160 valence electrons. The van der Waals surface area contributed by atoms with Crippen LogP contribution in [0.3, 0.4) is 0 Å². The van der Waals surface area contributed by atoms with Gasteiger partial charge < -0.3 is 10.2 Å². The number of likely N-dealkylation sites (N-methyl/N-ethyl adjacent to an activating group) is 1. The lowest BCUT2D eigenvalue weighted by Crippen LogP contribution is -2.35. The number of carbonyl (C=O) groups excluding carboxylic acids is 2. The zero-order valence-corrected chi connectivity index (χ0v) is 18.0. The first kappa shape index (κ1) is 22.0. The second-order valence-electron chi connectivity index (χ2n) is 7.54. The van der Waals surface area contributed by atoms with Gasteiger partial charge in [-0.25, -0.2) is 13.1 Å². The molecule has 0 aliphatic heterocycles. The fourth-order valence-corrected chi connectivity index (χ4v) is 4.24. The quantitative estimate of drug-likeness (QED) is 0.641. The van der Waals surface area contributed by atoms with E-state index in [9.17, 15) is 18.0 Å². The van der Waals surface area contributed by atoms with Crippen LogP contribution < -0.4 is 10.0 Å². The normalized spacial score (nSPS) is 13.7. The number of para-hydroxylation sites is 1. The SMILES string of the molecule is CCc1ccccc1NC(=O)CN(C)C(=O)c1cccc(S(=O)(=O)NCC2CC2)c1. The highest BCUT2D eigenvalue weighted by Gasteiger charge is 2.25. The van der Waals surface area contributed by atoms with E-state index in [-0.39, 0.29) is 22.9 Å². The molecule has 0 bridgehead atoms. The average molecular weight is 430 g/mol. The summed E-state index contributed by atoms with van der Waals surface area (Å²) in [6.07, 6.45) is 2.86. The van der Waals surface area contributed by atoms with Crippen LogP contribution in [-0.4, -0.2) is 45.3 Å². The van der Waals surface area contributed by atoms with E-state index in [4.69, 9.17) is 0 Å². The van der Waals surface area contributed by atoms with E-state index in [1.807, 2.05) is 31.2 Å². The van der Waals surface area contributed by atoms with Gasteiger partial charge in [-0.2, -0.15) is 0 Å². The Morgan fingerprint density at radius 1 is 1.10 bits per heavy atom. The Balaban J connectivity index is 1.64. The third-order valence-corrected chi connectivity index (χ3v) is 6.47. The Labute approximate surface area is 177 Å². The first-order chi connectivity index (χ1) is 14.3. The largest absolute Gasteiger partial charge is 0.332 e. The van der Waals surface area contributed by atoms with Gasteiger partial charge >= 0.3 is 0 Å². The van der Waals surface area contributed by atoms with Crippen molar-refractivity contribution in [3.05, 3.63) is 59.7 Å². The van der Waals surface area contributed by atoms with Gasteiger partial charge in [-0.15, -0.1) is 0 Å². The Morgan fingerprint density at radius 3 is 2.53 bits per heavy atom. The van der Waals surface area contributed by atoms with Crippen molar-refractivity contribution in [3.63, 3.8) is 0 Å². The van der Waals surface area contributed by atoms with Gasteiger partial charge in [0.2, 0.25) is 15.9 Å². The van der Waals surface area contributed by atoms with Gasteiger partial charge in [-0.3, -0.25) is 9.59 Å². The van der Waals surface area contributed by atoms with Gasteiger partial charge in [-0.1, -0.05) is 31.2 Å². The molecule has 8 heteroatoms. The minimum Gasteiger partial charge on any atom is -0.332 e. The van der Waals surface area contributed by atoms with Crippen molar-refractivity contribution in [2.45, 2.75) is 31.1 Å². The van der Waals surface area contributed by atoms with Crippen LogP contribution in [-0.2, 0) is 21.2 Å². The number of hydrogen-bond donors (Lipinski definition) is 2. The van der Waals surface area contributed by atoms with Crippen molar-refractivity contribution in [1.82, 2.24) is 9.62 Å². The highest BCUT2D eigenvalue weighted by molar-refractivity contribution is 7.89. The van der Waals surface area contributed by atoms with Crippen molar-refractivity contribution in [2.75, 3.05) is 25.5 Å². The van der Waals surface area contributed by atoms with E-state index < -0.39 is 15.9 Å². The molecule has 1 saturated carbocycles. The number of sulfonamides is 1. The highest BCUT2D eigenvalue weighted by atomic mass is 32.2. The molecule has 7 nitrogen and oxygen atoms in total. The van der Waals surface area contributed by atoms with Crippen LogP contribution in [0.4, 0.5) is 5.69 Å². The van der Waals surface area contributed by atoms with Crippen LogP contribution in [0.15, 0.2) is 53.4 Å². The average Bonchev–Trinajstić information content (AvgIpc) is 3.57. The first-order valence-corrected chi connectivity index (χ1v) is 11.5. The van der Waals surface area contributed by atoms with Gasteiger partial charge in [0, 0.05) is 24.8 Å². The lowest BCUT2D eigenvalue weighted by Gasteiger charge is -2.18. The summed E-state index contributed by atoms with van der Waals surface area (Å²) in [7, 11) is -2.15. The summed E-state index contributed by atoms with van der Waals surface area (Å²) in [5, 5.41) is 2.83. The fourth-order valence-electron chi connectivity index (χ4n) is 3.08. The Kier molecular flexibility index (Phi) is 6.89. The summed E-state index contributed by atoms with van der Waals surface area (Å²) in [4.78, 5) is 26.5. The second-order valence-corrected chi connectivity index (χ2v) is 9.31. The van der Waals surface area contributed by atoms with Gasteiger partial charge in [0.05, 0.1) is 11.4 Å². The maximum Gasteiger partial charge on any atom is 0.254 e. The van der Waals surface area contributed by atoms with Crippen LogP contribution in [0, 0.1) is 5.92 Å². The molecule has 0 aromatic heterocycles. The maximum absolute atomic E-state index is 12.7. The summed E-state index contributed by atoms with van der Waals surface area (Å²) in [6.45, 7) is 2.27. The first-order valence-electron chi connectivity index (χ1n) is 10.0. The molecule has 0 unspecified atom stereocenters. The number of rotatable bonds is 9. The van der Waals surface area contributed by atoms with Crippen molar-refractivity contribution < 1.29 is 18.0 Å². The number of benzene rings is 2. The lowest BCUT2D eigenvalue weighted by molar-refractivity contribution is -0.116. The molecule has 2 amide bonds. The smallest absolute Gasteiger partial charge is 0.254 e. The van der Waals surface area contributed by atoms with Crippen LogP contribution in [0.5, 0.6) is 0 Å². The fraction of sp³-hybridized carbons (Fsp3) is 0.364. The van der Waals surface area contributed by atoms with Crippen LogP contribution in [0.1, 0.15) is 35.7 Å². The van der Waals surface area contributed by atoms with E-state index >= 15 is 0 Å². The number of nitrogens with one attached hydrogen (secondary N) is 2. The zero-order valence-electron chi connectivity index (χ0n) is 17.2. The number of carbonyl (C=O) groups is 2. The summed E-state index contributed by atoms with van der Waals surface area (Å²) in [6, 6.07) is 13.4.